The van der Waals surface area contributed by atoms with Gasteiger partial charge < -0.3 is 0 Å². The van der Waals surface area contributed by atoms with Crippen LogP contribution in [0.4, 0.5) is 0 Å². The molecule has 0 bridgehead atoms. The van der Waals surface area contributed by atoms with Gasteiger partial charge in [-0.15, -0.1) is 15.3 Å². The third-order valence-corrected chi connectivity index (χ3v) is 1.30. The Bertz CT molecular complexity index is 352. The molecule has 0 amide bonds. The van der Waals surface area contributed by atoms with Crippen LogP contribution in [0.5, 0.6) is 0 Å². The van der Waals surface area contributed by atoms with E-state index in [-0.39, 0.29) is 0 Å². The molecule has 0 unspecified atom stereocenters. The summed E-state index contributed by atoms with van der Waals surface area (Å²) in [5, 5.41) is 14.8. The molecule has 0 aliphatic rings. The lowest BCUT2D eigenvalue weighted by Gasteiger charge is -1.91. The summed E-state index contributed by atoms with van der Waals surface area (Å²) in [5.41, 5.74) is 0.981. The Labute approximate surface area is 56.7 Å². The first-order valence-electron chi connectivity index (χ1n) is 2.86. The number of fused-ring (bicyclic) bond motifs is 1. The average molecular weight is 135 g/mol. The van der Waals surface area contributed by atoms with Crippen LogP contribution in [0.3, 0.4) is 0 Å². The van der Waals surface area contributed by atoms with Crippen molar-refractivity contribution in [1.29, 1.82) is 0 Å². The monoisotopic (exact) mass is 135 g/mol. The second-order valence-electron chi connectivity index (χ2n) is 1.99. The highest BCUT2D eigenvalue weighted by atomic mass is 15.3. The lowest BCUT2D eigenvalue weighted by molar-refractivity contribution is 0.928. The van der Waals surface area contributed by atoms with Gasteiger partial charge in [-0.2, -0.15) is 5.10 Å². The van der Waals surface area contributed by atoms with Crippen molar-refractivity contribution in [2.24, 2.45) is 0 Å². The zero-order valence-corrected chi connectivity index (χ0v) is 5.39. The highest BCUT2D eigenvalue weighted by Crippen LogP contribution is 1.95. The largest absolute Gasteiger partial charge is 0.274 e. The Morgan fingerprint density at radius 3 is 2.90 bits per heavy atom. The summed E-state index contributed by atoms with van der Waals surface area (Å²) in [6.07, 6.45) is 3.27. The summed E-state index contributed by atoms with van der Waals surface area (Å²) >= 11 is 0. The molecule has 0 radical (unpaired) electrons. The van der Waals surface area contributed by atoms with Gasteiger partial charge in [-0.1, -0.05) is 0 Å². The molecule has 0 N–H and O–H groups in total. The van der Waals surface area contributed by atoms with Crippen molar-refractivity contribution in [1.82, 2.24) is 24.8 Å². The molecule has 5 nitrogen and oxygen atoms in total. The van der Waals surface area contributed by atoms with Gasteiger partial charge >= 0.3 is 0 Å². The van der Waals surface area contributed by atoms with Crippen LogP contribution in [0.25, 0.3) is 5.78 Å². The molecule has 0 fully saturated rings. The highest BCUT2D eigenvalue weighted by Gasteiger charge is 1.96. The Kier molecular flexibility index (Phi) is 0.913. The van der Waals surface area contributed by atoms with Crippen molar-refractivity contribution in [3.05, 3.63) is 18.2 Å². The fourth-order valence-electron chi connectivity index (χ4n) is 0.772. The predicted molar refractivity (Wildman–Crippen MR) is 33.3 cm³/mol. The summed E-state index contributed by atoms with van der Waals surface area (Å²) < 4.78 is 1.77. The minimum atomic E-state index is 0.542. The van der Waals surface area contributed by atoms with Crippen molar-refractivity contribution in [2.45, 2.75) is 6.92 Å². The van der Waals surface area contributed by atoms with Crippen molar-refractivity contribution < 1.29 is 0 Å². The number of hydrogen-bond acceptors (Lipinski definition) is 4. The Morgan fingerprint density at radius 2 is 2.10 bits per heavy atom. The molecule has 2 rings (SSSR count). The summed E-state index contributed by atoms with van der Waals surface area (Å²) in [6, 6.07) is 0. The lowest BCUT2D eigenvalue weighted by Crippen LogP contribution is -1.94. The van der Waals surface area contributed by atoms with E-state index in [0.717, 1.165) is 5.69 Å². The van der Waals surface area contributed by atoms with Gasteiger partial charge in [0.15, 0.2) is 0 Å². The van der Waals surface area contributed by atoms with Crippen molar-refractivity contribution in [2.75, 3.05) is 0 Å². The summed E-state index contributed by atoms with van der Waals surface area (Å²) in [5.74, 6) is 0.542. The van der Waals surface area contributed by atoms with E-state index < -0.39 is 0 Å². The van der Waals surface area contributed by atoms with Crippen LogP contribution in [0.15, 0.2) is 12.5 Å². The fourth-order valence-corrected chi connectivity index (χ4v) is 0.772. The molecule has 0 saturated heterocycles. The topological polar surface area (TPSA) is 56.0 Å². The lowest BCUT2D eigenvalue weighted by atomic mass is 10.5. The van der Waals surface area contributed by atoms with E-state index >= 15 is 0 Å². The molecule has 10 heavy (non-hydrogen) atoms. The third kappa shape index (κ3) is 0.570. The van der Waals surface area contributed by atoms with Crippen LogP contribution >= 0.6 is 0 Å². The van der Waals surface area contributed by atoms with Crippen LogP contribution in [-0.4, -0.2) is 24.8 Å². The molecule has 2 aromatic rings. The fraction of sp³-hybridized carbons (Fsp3) is 0.200. The maximum Gasteiger partial charge on any atom is 0.274 e. The number of nitrogens with zero attached hydrogens (tertiary/aromatic N) is 5. The second kappa shape index (κ2) is 1.73. The van der Waals surface area contributed by atoms with Gasteiger partial charge in [-0.05, 0) is 6.92 Å². The van der Waals surface area contributed by atoms with Crippen LogP contribution in [0.2, 0.25) is 0 Å². The van der Waals surface area contributed by atoms with Gasteiger partial charge in [0.1, 0.15) is 6.33 Å². The SMILES string of the molecule is Cc1cnnc2nncn12. The molecule has 0 spiro atoms. The first kappa shape index (κ1) is 5.28. The molecular formula is C5H5N5. The van der Waals surface area contributed by atoms with Crippen LogP contribution < -0.4 is 0 Å². The van der Waals surface area contributed by atoms with E-state index in [0.29, 0.717) is 5.78 Å². The Morgan fingerprint density at radius 1 is 1.30 bits per heavy atom. The Balaban J connectivity index is 2.95. The van der Waals surface area contributed by atoms with Gasteiger partial charge in [-0.25, -0.2) is 0 Å². The quantitative estimate of drug-likeness (QED) is 0.503. The van der Waals surface area contributed by atoms with Crippen LogP contribution in [0, 0.1) is 6.92 Å². The number of rotatable bonds is 0. The molecule has 0 aromatic carbocycles. The minimum absolute atomic E-state index is 0.542. The normalized spacial score (nSPS) is 10.5. The summed E-state index contributed by atoms with van der Waals surface area (Å²) in [6.45, 7) is 1.92. The first-order chi connectivity index (χ1) is 4.88. The van der Waals surface area contributed by atoms with E-state index in [4.69, 9.17) is 0 Å². The molecule has 50 valence electrons. The third-order valence-electron chi connectivity index (χ3n) is 1.30. The molecule has 2 aromatic heterocycles. The molecule has 0 aliphatic carbocycles. The highest BCUT2D eigenvalue weighted by molar-refractivity contribution is 5.23. The number of aryl methyl sites for hydroxylation is 1. The molecule has 0 aliphatic heterocycles. The van der Waals surface area contributed by atoms with E-state index in [1.165, 1.54) is 0 Å². The molecule has 2 heterocycles. The summed E-state index contributed by atoms with van der Waals surface area (Å²) in [4.78, 5) is 0. The maximum atomic E-state index is 3.74. The zero-order valence-electron chi connectivity index (χ0n) is 5.39. The molecule has 0 saturated carbocycles. The van der Waals surface area contributed by atoms with Gasteiger partial charge in [0.25, 0.3) is 5.78 Å². The summed E-state index contributed by atoms with van der Waals surface area (Å²) in [7, 11) is 0. The van der Waals surface area contributed by atoms with E-state index in [1.807, 2.05) is 6.92 Å². The molecule has 0 atom stereocenters. The van der Waals surface area contributed by atoms with Gasteiger partial charge in [0, 0.05) is 5.69 Å². The number of aromatic nitrogens is 5. The van der Waals surface area contributed by atoms with Gasteiger partial charge in [-0.3, -0.25) is 4.40 Å². The predicted octanol–water partition coefficient (Wildman–Crippen LogP) is -0.172. The maximum absolute atomic E-state index is 3.74. The van der Waals surface area contributed by atoms with Crippen molar-refractivity contribution in [3.63, 3.8) is 0 Å². The first-order valence-corrected chi connectivity index (χ1v) is 2.86. The molecule has 5 heteroatoms. The standard InChI is InChI=1S/C5H5N5/c1-4-2-6-8-5-9-7-3-10(4)5/h2-3H,1H3. The molecular weight excluding hydrogens is 130 g/mol. The van der Waals surface area contributed by atoms with Crippen molar-refractivity contribution in [3.8, 4) is 0 Å². The van der Waals surface area contributed by atoms with E-state index in [1.54, 1.807) is 16.9 Å². The Hall–Kier alpha value is -1.52. The zero-order chi connectivity index (χ0) is 6.97. The van der Waals surface area contributed by atoms with Crippen LogP contribution in [0.1, 0.15) is 5.69 Å². The van der Waals surface area contributed by atoms with E-state index in [2.05, 4.69) is 20.4 Å². The minimum Gasteiger partial charge on any atom is -0.267 e. The second-order valence-corrected chi connectivity index (χ2v) is 1.99. The van der Waals surface area contributed by atoms with Gasteiger partial charge in [0.05, 0.1) is 6.20 Å². The van der Waals surface area contributed by atoms with E-state index in [9.17, 15) is 0 Å². The van der Waals surface area contributed by atoms with Crippen LogP contribution in [-0.2, 0) is 0 Å². The smallest absolute Gasteiger partial charge is 0.267 e. The van der Waals surface area contributed by atoms with Crippen molar-refractivity contribution >= 4 is 5.78 Å². The average Bonchev–Trinajstić information content (AvgIpc) is 2.36. The number of hydrogen-bond donors (Lipinski definition) is 0. The van der Waals surface area contributed by atoms with Gasteiger partial charge in [0.2, 0.25) is 0 Å².